The van der Waals surface area contributed by atoms with Crippen molar-refractivity contribution in [2.45, 2.75) is 167 Å². The van der Waals surface area contributed by atoms with Crippen LogP contribution in [0, 0.1) is 39.4 Å². The molecule has 15 atom stereocenters. The molecule has 0 unspecified atom stereocenters. The van der Waals surface area contributed by atoms with Gasteiger partial charge in [0.05, 0.1) is 24.9 Å². The first-order valence-electron chi connectivity index (χ1n) is 18.4. The van der Waals surface area contributed by atoms with E-state index in [9.17, 15) is 45.3 Å². The first kappa shape index (κ1) is 39.7. The largest absolute Gasteiger partial charge is 0.460 e. The van der Waals surface area contributed by atoms with Gasteiger partial charge in [0.15, 0.2) is 12.1 Å². The monoisotopic (exact) mass is 710 g/mol. The fourth-order valence-corrected chi connectivity index (χ4v) is 11.5. The number of allylic oxidation sites excluding steroid dienone is 1. The van der Waals surface area contributed by atoms with Crippen LogP contribution in [0.25, 0.3) is 0 Å². The highest BCUT2D eigenvalue weighted by molar-refractivity contribution is 5.87. The molecule has 1 aliphatic heterocycles. The zero-order chi connectivity index (χ0) is 37.6. The Hall–Kier alpha value is -1.48. The van der Waals surface area contributed by atoms with E-state index in [1.807, 2.05) is 13.8 Å². The van der Waals surface area contributed by atoms with Crippen LogP contribution in [0.3, 0.4) is 0 Å². The second-order valence-electron chi connectivity index (χ2n) is 18.3. The number of carbonyl (C=O) groups is 2. The third kappa shape index (κ3) is 6.12. The van der Waals surface area contributed by atoms with E-state index in [-0.39, 0.29) is 35.9 Å². The van der Waals surface area contributed by atoms with Gasteiger partial charge in [0, 0.05) is 24.7 Å². The minimum absolute atomic E-state index is 0.00808. The van der Waals surface area contributed by atoms with Gasteiger partial charge in [-0.15, -0.1) is 0 Å². The second kappa shape index (κ2) is 13.1. The van der Waals surface area contributed by atoms with Crippen LogP contribution in [0.2, 0.25) is 0 Å². The number of carbonyl (C=O) groups excluding carboxylic acids is 2. The highest BCUT2D eigenvalue weighted by Gasteiger charge is 2.72. The van der Waals surface area contributed by atoms with Crippen molar-refractivity contribution in [2.24, 2.45) is 39.4 Å². The van der Waals surface area contributed by atoms with E-state index >= 15 is 0 Å². The van der Waals surface area contributed by atoms with E-state index in [0.717, 1.165) is 12.0 Å². The molecule has 1 heterocycles. The third-order valence-corrected chi connectivity index (χ3v) is 14.5. The van der Waals surface area contributed by atoms with E-state index in [4.69, 9.17) is 14.2 Å². The molecule has 12 heteroatoms. The van der Waals surface area contributed by atoms with Gasteiger partial charge in [-0.25, -0.2) is 0 Å². The van der Waals surface area contributed by atoms with Gasteiger partial charge < -0.3 is 50.0 Å². The summed E-state index contributed by atoms with van der Waals surface area (Å²) in [6.07, 6.45) is -4.61. The van der Waals surface area contributed by atoms with Crippen molar-refractivity contribution in [3.05, 3.63) is 11.6 Å². The highest BCUT2D eigenvalue weighted by Crippen LogP contribution is 2.75. The van der Waals surface area contributed by atoms with E-state index in [0.29, 0.717) is 25.7 Å². The zero-order valence-corrected chi connectivity index (χ0v) is 31.3. The van der Waals surface area contributed by atoms with Crippen molar-refractivity contribution in [2.75, 3.05) is 6.61 Å². The number of ether oxygens (including phenoxy) is 3. The molecule has 5 rings (SSSR count). The SMILES string of the molecule is CC(=O)OC(C)(C)CCC(=O)[C@](C)(O)[C@H]1[C@H](O)C[C@@]2(C)[C@@H]3CC=C4[C@@H](C[C@H](O[C@H]5O[C@@H](CO)[C@H](O)[C@@H](O)[C@@H]5O)[C@H](O)C4(C)C)[C@]3(C)CC[C@]12C. The maximum absolute atomic E-state index is 13.8. The van der Waals surface area contributed by atoms with Crippen molar-refractivity contribution < 1.29 is 59.5 Å². The molecule has 4 aliphatic carbocycles. The highest BCUT2D eigenvalue weighted by atomic mass is 16.7. The number of esters is 1. The lowest BCUT2D eigenvalue weighted by atomic mass is 9.38. The Morgan fingerprint density at radius 2 is 1.60 bits per heavy atom. The molecule has 0 aromatic heterocycles. The molecule has 50 heavy (non-hydrogen) atoms. The Bertz CT molecular complexity index is 1340. The van der Waals surface area contributed by atoms with Gasteiger partial charge in [-0.1, -0.05) is 46.3 Å². The predicted molar refractivity (Wildman–Crippen MR) is 181 cm³/mol. The molecule has 0 radical (unpaired) electrons. The van der Waals surface area contributed by atoms with Gasteiger partial charge in [-0.3, -0.25) is 9.59 Å². The molecule has 0 aromatic carbocycles. The first-order chi connectivity index (χ1) is 22.9. The quantitative estimate of drug-likeness (QED) is 0.136. The molecule has 0 spiro atoms. The minimum Gasteiger partial charge on any atom is -0.460 e. The van der Waals surface area contributed by atoms with Crippen LogP contribution in [-0.2, 0) is 23.8 Å². The molecule has 7 N–H and O–H groups in total. The lowest BCUT2D eigenvalue weighted by Crippen LogP contribution is -2.64. The molecule has 4 fully saturated rings. The van der Waals surface area contributed by atoms with Crippen LogP contribution in [0.4, 0.5) is 0 Å². The summed E-state index contributed by atoms with van der Waals surface area (Å²) in [5.74, 6) is -1.55. The van der Waals surface area contributed by atoms with Crippen LogP contribution in [-0.4, -0.2) is 114 Å². The fraction of sp³-hybridized carbons (Fsp3) is 0.895. The standard InChI is InChI=1S/C38H62O12/c1-19(40)50-33(2,3)13-12-26(42)38(9,47)30-22(41)17-37(8)25-11-10-20-21(35(25,6)14-15-36(30,37)7)16-23(31(46)34(20,4)5)48-32-29(45)28(44)27(43)24(18-39)49-32/h10,21-25,27-32,39,41,43-47H,11-18H2,1-9H3/t21-,22-,23+,24+,25-,27+,28-,29+,30+,31+,32+,35+,36-,37+,38+/m1/s1. The topological polar surface area (TPSA) is 203 Å². The molecule has 0 amide bonds. The number of ketones is 1. The molecule has 286 valence electrons. The number of aliphatic hydroxyl groups excluding tert-OH is 6. The molecule has 3 saturated carbocycles. The van der Waals surface area contributed by atoms with E-state index in [1.54, 1.807) is 13.8 Å². The Labute approximate surface area is 296 Å². The van der Waals surface area contributed by atoms with Crippen LogP contribution in [0.1, 0.15) is 107 Å². The van der Waals surface area contributed by atoms with Gasteiger partial charge in [0.1, 0.15) is 35.6 Å². The Morgan fingerprint density at radius 3 is 2.20 bits per heavy atom. The zero-order valence-electron chi connectivity index (χ0n) is 31.3. The van der Waals surface area contributed by atoms with Crippen molar-refractivity contribution >= 4 is 11.8 Å². The van der Waals surface area contributed by atoms with Gasteiger partial charge in [0.2, 0.25) is 0 Å². The summed E-state index contributed by atoms with van der Waals surface area (Å²) in [5.41, 5.74) is -3.67. The summed E-state index contributed by atoms with van der Waals surface area (Å²) >= 11 is 0. The lowest BCUT2D eigenvalue weighted by Gasteiger charge is -2.66. The smallest absolute Gasteiger partial charge is 0.303 e. The fourth-order valence-electron chi connectivity index (χ4n) is 11.5. The van der Waals surface area contributed by atoms with Gasteiger partial charge in [0.25, 0.3) is 0 Å². The van der Waals surface area contributed by atoms with E-state index in [2.05, 4.69) is 26.8 Å². The number of hydrogen-bond acceptors (Lipinski definition) is 12. The van der Waals surface area contributed by atoms with Crippen molar-refractivity contribution in [1.82, 2.24) is 0 Å². The van der Waals surface area contributed by atoms with Crippen molar-refractivity contribution in [1.29, 1.82) is 0 Å². The van der Waals surface area contributed by atoms with Crippen LogP contribution < -0.4 is 0 Å². The molecule has 0 bridgehead atoms. The third-order valence-electron chi connectivity index (χ3n) is 14.5. The average Bonchev–Trinajstić information content (AvgIpc) is 3.23. The summed E-state index contributed by atoms with van der Waals surface area (Å²) in [7, 11) is 0. The Kier molecular flexibility index (Phi) is 10.4. The Morgan fingerprint density at radius 1 is 0.960 bits per heavy atom. The summed E-state index contributed by atoms with van der Waals surface area (Å²) in [5, 5.41) is 76.6. The van der Waals surface area contributed by atoms with Gasteiger partial charge >= 0.3 is 5.97 Å². The van der Waals surface area contributed by atoms with E-state index in [1.165, 1.54) is 13.8 Å². The number of Topliss-reactive ketones (excluding diaryl/α,β-unsaturated/α-hetero) is 1. The number of rotatable bonds is 9. The molecular weight excluding hydrogens is 648 g/mol. The maximum Gasteiger partial charge on any atom is 0.303 e. The minimum atomic E-state index is -1.82. The molecular formula is C38H62O12. The number of aliphatic hydroxyl groups is 7. The maximum atomic E-state index is 13.8. The van der Waals surface area contributed by atoms with E-state index < -0.39 is 95.0 Å². The van der Waals surface area contributed by atoms with Gasteiger partial charge in [-0.05, 0) is 87.4 Å². The summed E-state index contributed by atoms with van der Waals surface area (Å²) in [4.78, 5) is 25.3. The number of fused-ring (bicyclic) bond motifs is 5. The Balaban J connectivity index is 1.42. The van der Waals surface area contributed by atoms with Gasteiger partial charge in [-0.2, -0.15) is 0 Å². The summed E-state index contributed by atoms with van der Waals surface area (Å²) < 4.78 is 17.3. The summed E-state index contributed by atoms with van der Waals surface area (Å²) in [6, 6.07) is 0. The number of hydrogen-bond donors (Lipinski definition) is 7. The molecule has 5 aliphatic rings. The summed E-state index contributed by atoms with van der Waals surface area (Å²) in [6.45, 7) is 16.2. The molecule has 0 aromatic rings. The van der Waals surface area contributed by atoms with Crippen LogP contribution >= 0.6 is 0 Å². The van der Waals surface area contributed by atoms with Crippen LogP contribution in [0.15, 0.2) is 11.6 Å². The second-order valence-corrected chi connectivity index (χ2v) is 18.3. The van der Waals surface area contributed by atoms with Crippen molar-refractivity contribution in [3.8, 4) is 0 Å². The molecule has 12 nitrogen and oxygen atoms in total. The van der Waals surface area contributed by atoms with Crippen LogP contribution in [0.5, 0.6) is 0 Å². The first-order valence-corrected chi connectivity index (χ1v) is 18.4. The average molecular weight is 711 g/mol. The normalized spacial score (nSPS) is 46.9. The lowest BCUT2D eigenvalue weighted by molar-refractivity contribution is -0.324. The molecule has 1 saturated heterocycles. The predicted octanol–water partition coefficient (Wildman–Crippen LogP) is 2.16. The van der Waals surface area contributed by atoms with Crippen molar-refractivity contribution in [3.63, 3.8) is 0 Å².